The molecule has 4 saturated carbocycles. The Morgan fingerprint density at radius 1 is 0.677 bits per heavy atom. The average molecular weight is 861 g/mol. The fourth-order valence-electron chi connectivity index (χ4n) is 13.8. The summed E-state index contributed by atoms with van der Waals surface area (Å²) in [6.45, 7) is 21.6. The standard InChI is InChI=1S/2C25H34O6/c1-7-12(2)22(29)31-21-13(3)10-24-14(4)8-17-18(23(17,5)6)16(20(24)28)9-15(11-26)19(27)25(21,24)30;1-7-12(2)22(29)31-21-15(11-26)9-16-18-17(23(18,5)6)8-14(4)24(20(16)28)10-13(3)19(27)25(21,24)30/h2*7,9-10,14,16-19,21,26-27,30H,8,11H2,1-6H3/b12-7+;12-7-/t14-,16-,17-,18+,19-,21+,24+,25+;14-,16-,17-,18+,19+,21-,24+,25-/m11/s1. The summed E-state index contributed by atoms with van der Waals surface area (Å²) in [6, 6.07) is 0. The highest BCUT2D eigenvalue weighted by molar-refractivity contribution is 5.97. The highest BCUT2D eigenvalue weighted by Gasteiger charge is 2.78. The number of aliphatic hydroxyl groups excluding tert-OH is 4. The van der Waals surface area contributed by atoms with Crippen molar-refractivity contribution < 1.29 is 59.3 Å². The molecule has 0 aromatic heterocycles. The number of aliphatic hydroxyl groups is 6. The number of allylic oxidation sites excluding steroid dienone is 4. The molecule has 8 rings (SSSR count). The maximum atomic E-state index is 14.2. The summed E-state index contributed by atoms with van der Waals surface area (Å²) in [6.07, 6.45) is 6.07. The van der Waals surface area contributed by atoms with Gasteiger partial charge in [0.2, 0.25) is 0 Å². The van der Waals surface area contributed by atoms with Crippen LogP contribution in [0.2, 0.25) is 0 Å². The maximum Gasteiger partial charge on any atom is 0.334 e. The van der Waals surface area contributed by atoms with Gasteiger partial charge in [-0.15, -0.1) is 0 Å². The number of esters is 2. The topological polar surface area (TPSA) is 208 Å². The normalized spacial score (nSPS) is 45.6. The lowest BCUT2D eigenvalue weighted by Gasteiger charge is -2.49. The van der Waals surface area contributed by atoms with E-state index in [2.05, 4.69) is 27.7 Å². The maximum absolute atomic E-state index is 14.2. The molecule has 8 aliphatic rings. The van der Waals surface area contributed by atoms with Crippen LogP contribution in [0.3, 0.4) is 0 Å². The molecule has 4 bridgehead atoms. The van der Waals surface area contributed by atoms with Gasteiger partial charge < -0.3 is 40.1 Å². The largest absolute Gasteiger partial charge is 0.451 e. The van der Waals surface area contributed by atoms with Gasteiger partial charge in [0.05, 0.1) is 24.0 Å². The molecule has 0 saturated heterocycles. The van der Waals surface area contributed by atoms with E-state index in [0.29, 0.717) is 34.1 Å². The van der Waals surface area contributed by atoms with Crippen molar-refractivity contribution in [1.29, 1.82) is 0 Å². The summed E-state index contributed by atoms with van der Waals surface area (Å²) in [4.78, 5) is 53.7. The molecule has 0 unspecified atom stereocenters. The zero-order valence-corrected chi connectivity index (χ0v) is 38.4. The van der Waals surface area contributed by atoms with Crippen LogP contribution in [0.1, 0.15) is 95.9 Å². The van der Waals surface area contributed by atoms with Crippen molar-refractivity contribution in [2.45, 2.75) is 132 Å². The highest BCUT2D eigenvalue weighted by atomic mass is 16.6. The Balaban J connectivity index is 0.000000186. The van der Waals surface area contributed by atoms with Gasteiger partial charge in [0.1, 0.15) is 12.2 Å². The van der Waals surface area contributed by atoms with E-state index < -0.39 is 83.4 Å². The first-order valence-corrected chi connectivity index (χ1v) is 22.4. The van der Waals surface area contributed by atoms with Crippen LogP contribution < -0.4 is 0 Å². The van der Waals surface area contributed by atoms with Crippen LogP contribution in [0.4, 0.5) is 0 Å². The van der Waals surface area contributed by atoms with Gasteiger partial charge in [0, 0.05) is 23.0 Å². The number of rotatable bonds is 6. The molecule has 62 heavy (non-hydrogen) atoms. The highest BCUT2D eigenvalue weighted by Crippen LogP contribution is 2.73. The lowest BCUT2D eigenvalue weighted by atomic mass is 9.59. The van der Waals surface area contributed by atoms with Crippen LogP contribution in [-0.4, -0.2) is 103 Å². The second kappa shape index (κ2) is 15.0. The van der Waals surface area contributed by atoms with Crippen LogP contribution in [0, 0.1) is 69.0 Å². The van der Waals surface area contributed by atoms with Crippen molar-refractivity contribution in [1.82, 2.24) is 0 Å². The summed E-state index contributed by atoms with van der Waals surface area (Å²) in [7, 11) is 0. The third kappa shape index (κ3) is 5.84. The van der Waals surface area contributed by atoms with E-state index in [4.69, 9.17) is 9.47 Å². The minimum Gasteiger partial charge on any atom is -0.451 e. The molecule has 0 aliphatic heterocycles. The lowest BCUT2D eigenvalue weighted by molar-refractivity contribution is -0.202. The second-order valence-electron chi connectivity index (χ2n) is 21.2. The molecule has 8 aliphatic carbocycles. The van der Waals surface area contributed by atoms with Crippen LogP contribution in [0.5, 0.6) is 0 Å². The Hall–Kier alpha value is -3.52. The molecule has 0 amide bonds. The smallest absolute Gasteiger partial charge is 0.334 e. The Labute approximate surface area is 365 Å². The van der Waals surface area contributed by atoms with Gasteiger partial charge in [-0.3, -0.25) is 9.59 Å². The minimum absolute atomic E-state index is 0.0209. The van der Waals surface area contributed by atoms with Crippen molar-refractivity contribution in [3.05, 3.63) is 69.9 Å². The van der Waals surface area contributed by atoms with Crippen molar-refractivity contribution >= 4 is 23.5 Å². The number of Topliss-reactive ketones (excluding diaryl/α,β-unsaturated/α-hetero) is 2. The van der Waals surface area contributed by atoms with Crippen LogP contribution in [0.25, 0.3) is 0 Å². The summed E-state index contributed by atoms with van der Waals surface area (Å²) < 4.78 is 11.5. The predicted molar refractivity (Wildman–Crippen MR) is 229 cm³/mol. The molecule has 12 heteroatoms. The fraction of sp³-hybridized carbons (Fsp3) is 0.680. The summed E-state index contributed by atoms with van der Waals surface area (Å²) in [5.41, 5.74) is -4.76. The first-order valence-electron chi connectivity index (χ1n) is 22.4. The summed E-state index contributed by atoms with van der Waals surface area (Å²) >= 11 is 0. The number of hydrogen-bond donors (Lipinski definition) is 6. The molecule has 16 atom stereocenters. The molecule has 6 N–H and O–H groups in total. The number of fused-ring (bicyclic) bond motifs is 6. The van der Waals surface area contributed by atoms with Crippen LogP contribution in [0.15, 0.2) is 69.9 Å². The molecule has 4 fully saturated rings. The molecular formula is C50H68O12. The number of carbonyl (C=O) groups excluding carboxylic acids is 4. The van der Waals surface area contributed by atoms with Gasteiger partial charge in [-0.1, -0.05) is 78.0 Å². The number of ether oxygens (including phenoxy) is 2. The van der Waals surface area contributed by atoms with Crippen LogP contribution in [-0.2, 0) is 28.7 Å². The molecular weight excluding hydrogens is 793 g/mol. The third-order valence-corrected chi connectivity index (χ3v) is 17.8. The van der Waals surface area contributed by atoms with Gasteiger partial charge in [-0.25, -0.2) is 9.59 Å². The number of ketones is 2. The van der Waals surface area contributed by atoms with Crippen molar-refractivity contribution in [3.63, 3.8) is 0 Å². The van der Waals surface area contributed by atoms with Gasteiger partial charge >= 0.3 is 11.9 Å². The van der Waals surface area contributed by atoms with E-state index in [1.54, 1.807) is 78.0 Å². The number of carbonyl (C=O) groups is 4. The quantitative estimate of drug-likeness (QED) is 0.123. The molecule has 2 spiro atoms. The van der Waals surface area contributed by atoms with E-state index in [1.165, 1.54) is 0 Å². The first-order chi connectivity index (χ1) is 28.8. The number of hydrogen-bond acceptors (Lipinski definition) is 12. The van der Waals surface area contributed by atoms with E-state index in [-0.39, 0.29) is 57.2 Å². The minimum atomic E-state index is -2.08. The average Bonchev–Trinajstić information content (AvgIpc) is 3.95. The zero-order valence-electron chi connectivity index (χ0n) is 38.4. The van der Waals surface area contributed by atoms with Gasteiger partial charge in [0.15, 0.2) is 35.0 Å². The molecule has 340 valence electrons. The fourth-order valence-corrected chi connectivity index (χ4v) is 13.8. The van der Waals surface area contributed by atoms with E-state index >= 15 is 0 Å². The first kappa shape index (κ1) is 46.5. The Kier molecular flexibility index (Phi) is 11.3. The molecule has 0 radical (unpaired) electrons. The molecule has 12 nitrogen and oxygen atoms in total. The SMILES string of the molecule is C/C=C(/C)C(=O)O[C@@H]1C(CO)=C[C@H]2C(=O)[C@]3(C=C(C)[C@H](O)[C@@]13O)[C@H](C)C[C@@H]1[C@H]2C1(C)C.C/C=C(\C)C(=O)O[C@H]1C(C)=C[C@]23C(=O)[C@H](C=C(CO)[C@@H](O)[C@]12O)[C@H]1[C@@H](C[C@H]3C)C1(C)C. The van der Waals surface area contributed by atoms with Crippen LogP contribution >= 0.6 is 0 Å². The zero-order chi connectivity index (χ0) is 46.2. The Bertz CT molecular complexity index is 2130. The third-order valence-electron chi connectivity index (χ3n) is 17.8. The van der Waals surface area contributed by atoms with Gasteiger partial charge in [-0.2, -0.15) is 0 Å². The lowest BCUT2D eigenvalue weighted by Crippen LogP contribution is -2.66. The van der Waals surface area contributed by atoms with Gasteiger partial charge in [0.25, 0.3) is 0 Å². The predicted octanol–water partition coefficient (Wildman–Crippen LogP) is 4.66. The van der Waals surface area contributed by atoms with Crippen molar-refractivity contribution in [3.8, 4) is 0 Å². The summed E-state index contributed by atoms with van der Waals surface area (Å²) in [5, 5.41) is 67.4. The molecule has 0 aromatic rings. The Morgan fingerprint density at radius 3 is 1.48 bits per heavy atom. The monoisotopic (exact) mass is 860 g/mol. The summed E-state index contributed by atoms with van der Waals surface area (Å²) in [5.74, 6) is -2.31. The molecule has 0 aromatic carbocycles. The van der Waals surface area contributed by atoms with E-state index in [9.17, 15) is 49.8 Å². The molecule has 0 heterocycles. The Morgan fingerprint density at radius 2 is 1.06 bits per heavy atom. The van der Waals surface area contributed by atoms with E-state index in [0.717, 1.165) is 12.8 Å². The van der Waals surface area contributed by atoms with Gasteiger partial charge in [-0.05, 0) is 123 Å². The second-order valence-corrected chi connectivity index (χ2v) is 21.2. The van der Waals surface area contributed by atoms with E-state index in [1.807, 2.05) is 13.8 Å². The van der Waals surface area contributed by atoms with Crippen molar-refractivity contribution in [2.24, 2.45) is 69.0 Å². The van der Waals surface area contributed by atoms with Crippen molar-refractivity contribution in [2.75, 3.05) is 13.2 Å².